The van der Waals surface area contributed by atoms with Crippen LogP contribution in [-0.4, -0.2) is 44.1 Å². The van der Waals surface area contributed by atoms with Gasteiger partial charge in [0, 0.05) is 35.2 Å². The van der Waals surface area contributed by atoms with Gasteiger partial charge in [-0.25, -0.2) is 9.37 Å². The molecule has 1 aliphatic heterocycles. The fraction of sp³-hybridized carbons (Fsp3) is 0.188. The molecule has 204 valence electrons. The van der Waals surface area contributed by atoms with Crippen LogP contribution in [0.3, 0.4) is 0 Å². The number of rotatable bonds is 6. The number of aromatic amines is 2. The van der Waals surface area contributed by atoms with Crippen LogP contribution in [0.5, 0.6) is 0 Å². The molecule has 7 rings (SSSR count). The summed E-state index contributed by atoms with van der Waals surface area (Å²) in [4.78, 5) is 25.0. The number of nitrogens with one attached hydrogen (secondary N) is 4. The quantitative estimate of drug-likeness (QED) is 0.196. The lowest BCUT2D eigenvalue weighted by molar-refractivity contribution is -0.117. The van der Waals surface area contributed by atoms with Crippen LogP contribution in [0, 0.1) is 11.7 Å². The van der Waals surface area contributed by atoms with Crippen LogP contribution < -0.4 is 10.6 Å². The molecule has 41 heavy (non-hydrogen) atoms. The van der Waals surface area contributed by atoms with Crippen LogP contribution >= 0.6 is 0 Å². The summed E-state index contributed by atoms with van der Waals surface area (Å²) in [7, 11) is 0. The van der Waals surface area contributed by atoms with Gasteiger partial charge in [0.25, 0.3) is 0 Å². The Bertz CT molecular complexity index is 1870. The fourth-order valence-electron chi connectivity index (χ4n) is 5.66. The van der Waals surface area contributed by atoms with Gasteiger partial charge in [-0.2, -0.15) is 5.10 Å². The highest BCUT2D eigenvalue weighted by atomic mass is 19.1. The molecule has 1 fully saturated rings. The first-order valence-electron chi connectivity index (χ1n) is 13.8. The van der Waals surface area contributed by atoms with Gasteiger partial charge in [0.2, 0.25) is 5.91 Å². The predicted molar refractivity (Wildman–Crippen MR) is 159 cm³/mol. The van der Waals surface area contributed by atoms with Gasteiger partial charge in [-0.15, -0.1) is 0 Å². The second-order valence-corrected chi connectivity index (χ2v) is 10.6. The standard InChI is InChI=1S/C32H28FN7O/c33-23-4-1-20(2-5-23)25-9-12-36-32-26(25)16-29(38-32)31-27-15-21(3-6-28(27)39-40-31)22-14-24(18-35-17-22)37-30(41)13-19-7-10-34-11-8-19/h1-6,9,12,14-19,34H,7-8,10-11,13H2,(H,36,38)(H,37,41)(H,39,40). The molecule has 4 N–H and O–H groups in total. The van der Waals surface area contributed by atoms with Crippen molar-refractivity contribution in [2.45, 2.75) is 19.3 Å². The third-order valence-corrected chi connectivity index (χ3v) is 7.79. The number of piperidine rings is 1. The maximum Gasteiger partial charge on any atom is 0.224 e. The van der Waals surface area contributed by atoms with E-state index in [1.165, 1.54) is 12.1 Å². The van der Waals surface area contributed by atoms with E-state index in [1.807, 2.05) is 30.3 Å². The van der Waals surface area contributed by atoms with E-state index < -0.39 is 0 Å². The minimum absolute atomic E-state index is 0.0239. The Kier molecular flexibility index (Phi) is 6.48. The third-order valence-electron chi connectivity index (χ3n) is 7.79. The van der Waals surface area contributed by atoms with Gasteiger partial charge >= 0.3 is 0 Å². The van der Waals surface area contributed by atoms with E-state index >= 15 is 0 Å². The molecule has 9 heteroatoms. The Labute approximate surface area is 235 Å². The average molecular weight is 546 g/mol. The highest BCUT2D eigenvalue weighted by Crippen LogP contribution is 2.35. The molecule has 0 bridgehead atoms. The second kappa shape index (κ2) is 10.6. The van der Waals surface area contributed by atoms with Crippen LogP contribution in [0.4, 0.5) is 10.1 Å². The predicted octanol–water partition coefficient (Wildman–Crippen LogP) is 6.30. The first kappa shape index (κ1) is 25.1. The molecule has 0 unspecified atom stereocenters. The normalized spacial score (nSPS) is 14.1. The second-order valence-electron chi connectivity index (χ2n) is 10.6. The van der Waals surface area contributed by atoms with Crippen molar-refractivity contribution in [2.75, 3.05) is 18.4 Å². The topological polar surface area (TPSA) is 111 Å². The molecule has 8 nitrogen and oxygen atoms in total. The van der Waals surface area contributed by atoms with Crippen LogP contribution in [0.25, 0.3) is 55.6 Å². The van der Waals surface area contributed by atoms with Crippen LogP contribution in [0.1, 0.15) is 19.3 Å². The van der Waals surface area contributed by atoms with E-state index in [1.54, 1.807) is 30.7 Å². The van der Waals surface area contributed by atoms with Crippen LogP contribution in [0.2, 0.25) is 0 Å². The Hall–Kier alpha value is -4.89. The molecular weight excluding hydrogens is 517 g/mol. The molecule has 0 saturated carbocycles. The number of amides is 1. The fourth-order valence-corrected chi connectivity index (χ4v) is 5.66. The summed E-state index contributed by atoms with van der Waals surface area (Å²) in [6.07, 6.45) is 7.80. The summed E-state index contributed by atoms with van der Waals surface area (Å²) in [5.74, 6) is 0.171. The lowest BCUT2D eigenvalue weighted by Crippen LogP contribution is -2.30. The average Bonchev–Trinajstić information content (AvgIpc) is 3.62. The van der Waals surface area contributed by atoms with E-state index in [0.717, 1.165) is 81.5 Å². The van der Waals surface area contributed by atoms with Crippen molar-refractivity contribution in [1.82, 2.24) is 30.5 Å². The number of H-pyrrole nitrogens is 2. The van der Waals surface area contributed by atoms with Gasteiger partial charge in [0.05, 0.1) is 23.1 Å². The number of carbonyl (C=O) groups excluding carboxylic acids is 1. The first-order chi connectivity index (χ1) is 20.1. The number of halogens is 1. The van der Waals surface area contributed by atoms with Crippen molar-refractivity contribution in [3.63, 3.8) is 0 Å². The number of hydrogen-bond donors (Lipinski definition) is 4. The largest absolute Gasteiger partial charge is 0.338 e. The maximum atomic E-state index is 13.5. The van der Waals surface area contributed by atoms with Gasteiger partial charge in [-0.3, -0.25) is 14.9 Å². The lowest BCUT2D eigenvalue weighted by Gasteiger charge is -2.21. The monoisotopic (exact) mass is 545 g/mol. The van der Waals surface area contributed by atoms with Gasteiger partial charge < -0.3 is 15.6 Å². The van der Waals surface area contributed by atoms with Gasteiger partial charge in [-0.1, -0.05) is 18.2 Å². The molecule has 1 saturated heterocycles. The Balaban J connectivity index is 1.19. The highest BCUT2D eigenvalue weighted by molar-refractivity contribution is 6.01. The lowest BCUT2D eigenvalue weighted by atomic mass is 9.94. The number of benzene rings is 2. The van der Waals surface area contributed by atoms with Crippen molar-refractivity contribution in [3.05, 3.63) is 85.1 Å². The van der Waals surface area contributed by atoms with Gasteiger partial charge in [-0.05, 0) is 91.0 Å². The third kappa shape index (κ3) is 5.07. The molecule has 1 amide bonds. The summed E-state index contributed by atoms with van der Waals surface area (Å²) in [5, 5.41) is 16.0. The van der Waals surface area contributed by atoms with Crippen molar-refractivity contribution >= 4 is 33.5 Å². The number of carbonyl (C=O) groups is 1. The van der Waals surface area contributed by atoms with E-state index in [4.69, 9.17) is 0 Å². The van der Waals surface area contributed by atoms with Crippen LogP contribution in [0.15, 0.2) is 79.3 Å². The number of pyridine rings is 2. The molecule has 1 aliphatic rings. The molecular formula is C32H28FN7O. The summed E-state index contributed by atoms with van der Waals surface area (Å²) >= 11 is 0. The molecule has 2 aromatic carbocycles. The zero-order valence-corrected chi connectivity index (χ0v) is 22.2. The SMILES string of the molecule is O=C(CC1CCNCC1)Nc1cncc(-c2ccc3[nH]nc(-c4cc5c(-c6ccc(F)cc6)ccnc5[nH]4)c3c2)c1. The Morgan fingerprint density at radius 3 is 2.61 bits per heavy atom. The van der Waals surface area contributed by atoms with Crippen molar-refractivity contribution < 1.29 is 9.18 Å². The molecule has 0 radical (unpaired) electrons. The minimum Gasteiger partial charge on any atom is -0.338 e. The number of aromatic nitrogens is 5. The first-order valence-corrected chi connectivity index (χ1v) is 13.8. The van der Waals surface area contributed by atoms with Crippen molar-refractivity contribution in [1.29, 1.82) is 0 Å². The molecule has 0 spiro atoms. The minimum atomic E-state index is -0.270. The van der Waals surface area contributed by atoms with Gasteiger partial charge in [0.1, 0.15) is 17.2 Å². The smallest absolute Gasteiger partial charge is 0.224 e. The molecule has 6 aromatic rings. The van der Waals surface area contributed by atoms with E-state index in [0.29, 0.717) is 18.0 Å². The number of anilines is 1. The molecule has 5 heterocycles. The molecule has 4 aromatic heterocycles. The summed E-state index contributed by atoms with van der Waals surface area (Å²) < 4.78 is 13.5. The highest BCUT2D eigenvalue weighted by Gasteiger charge is 2.18. The van der Waals surface area contributed by atoms with E-state index in [9.17, 15) is 9.18 Å². The maximum absolute atomic E-state index is 13.5. The zero-order valence-electron chi connectivity index (χ0n) is 22.2. The molecule has 0 atom stereocenters. The number of nitrogens with zero attached hydrogens (tertiary/aromatic N) is 3. The summed E-state index contributed by atoms with van der Waals surface area (Å²) in [6, 6.07) is 18.5. The van der Waals surface area contributed by atoms with Crippen LogP contribution in [-0.2, 0) is 4.79 Å². The van der Waals surface area contributed by atoms with Crippen molar-refractivity contribution in [2.24, 2.45) is 5.92 Å². The van der Waals surface area contributed by atoms with Gasteiger partial charge in [0.15, 0.2) is 0 Å². The number of fused-ring (bicyclic) bond motifs is 2. The zero-order chi connectivity index (χ0) is 27.8. The number of hydrogen-bond acceptors (Lipinski definition) is 5. The Morgan fingerprint density at radius 1 is 0.927 bits per heavy atom. The van der Waals surface area contributed by atoms with E-state index in [2.05, 4.69) is 41.8 Å². The molecule has 0 aliphatic carbocycles. The van der Waals surface area contributed by atoms with E-state index in [-0.39, 0.29) is 11.7 Å². The summed E-state index contributed by atoms with van der Waals surface area (Å²) in [5.41, 5.74) is 7.63. The Morgan fingerprint density at radius 2 is 1.76 bits per heavy atom. The summed E-state index contributed by atoms with van der Waals surface area (Å²) in [6.45, 7) is 1.94. The van der Waals surface area contributed by atoms with Crippen molar-refractivity contribution in [3.8, 4) is 33.6 Å².